The predicted molar refractivity (Wildman–Crippen MR) is 127 cm³/mol. The Hall–Kier alpha value is -2.41. The highest BCUT2D eigenvalue weighted by Gasteiger charge is 2.28. The van der Waals surface area contributed by atoms with Gasteiger partial charge in [0.15, 0.2) is 11.8 Å². The highest BCUT2D eigenvalue weighted by atomic mass is 16.5. The Labute approximate surface area is 192 Å². The Morgan fingerprint density at radius 1 is 1.06 bits per heavy atom. The van der Waals surface area contributed by atoms with Gasteiger partial charge in [-0.05, 0) is 45.1 Å². The minimum atomic E-state index is 0.133. The van der Waals surface area contributed by atoms with Crippen LogP contribution in [-0.4, -0.2) is 39.9 Å². The first-order chi connectivity index (χ1) is 15.6. The van der Waals surface area contributed by atoms with E-state index in [2.05, 4.69) is 52.0 Å². The summed E-state index contributed by atoms with van der Waals surface area (Å²) in [5.41, 5.74) is 2.56. The summed E-state index contributed by atoms with van der Waals surface area (Å²) in [6.45, 7) is 6.29. The molecule has 1 aliphatic heterocycles. The molecule has 0 amide bonds. The maximum Gasteiger partial charge on any atom is 0.191 e. The zero-order valence-corrected chi connectivity index (χ0v) is 19.8. The van der Waals surface area contributed by atoms with Crippen LogP contribution in [0.3, 0.4) is 0 Å². The van der Waals surface area contributed by atoms with E-state index in [4.69, 9.17) is 9.73 Å². The van der Waals surface area contributed by atoms with Crippen LogP contribution in [-0.2, 0) is 18.3 Å². The van der Waals surface area contributed by atoms with Gasteiger partial charge in [-0.1, -0.05) is 49.1 Å². The lowest BCUT2D eigenvalue weighted by atomic mass is 9.89. The van der Waals surface area contributed by atoms with Crippen molar-refractivity contribution in [3.8, 4) is 0 Å². The number of nitrogens with zero attached hydrogens (tertiary/aromatic N) is 4. The molecule has 1 aromatic carbocycles. The van der Waals surface area contributed by atoms with E-state index in [1.807, 2.05) is 18.5 Å². The van der Waals surface area contributed by atoms with Crippen molar-refractivity contribution in [2.24, 2.45) is 18.0 Å². The van der Waals surface area contributed by atoms with E-state index < -0.39 is 0 Å². The first kappa shape index (κ1) is 22.8. The molecule has 0 bridgehead atoms. The maximum absolute atomic E-state index is 6.22. The second kappa shape index (κ2) is 10.9. The Balaban J connectivity index is 1.44. The molecular weight excluding hydrogens is 400 g/mol. The van der Waals surface area contributed by atoms with Gasteiger partial charge in [0.05, 0.1) is 6.10 Å². The van der Waals surface area contributed by atoms with E-state index in [1.165, 1.54) is 43.2 Å². The Morgan fingerprint density at radius 2 is 1.84 bits per heavy atom. The number of aromatic nitrogens is 3. The minimum absolute atomic E-state index is 0.133. The number of guanidine groups is 1. The van der Waals surface area contributed by atoms with Crippen LogP contribution < -0.4 is 10.6 Å². The van der Waals surface area contributed by atoms with E-state index in [-0.39, 0.29) is 6.10 Å². The van der Waals surface area contributed by atoms with Crippen LogP contribution >= 0.6 is 0 Å². The van der Waals surface area contributed by atoms with E-state index in [0.29, 0.717) is 18.5 Å². The van der Waals surface area contributed by atoms with Crippen LogP contribution in [0.15, 0.2) is 29.3 Å². The summed E-state index contributed by atoms with van der Waals surface area (Å²) in [7, 11) is 1.99. The Bertz CT molecular complexity index is 884. The second-order valence-corrected chi connectivity index (χ2v) is 9.35. The molecule has 7 heteroatoms. The average molecular weight is 439 g/mol. The SMILES string of the molecule is Cc1ccc(C2OCCCC2CNC(=NCc2nnc(C)n2C)NC2CCCCC2)cc1. The number of ether oxygens (including phenoxy) is 1. The number of benzene rings is 1. The summed E-state index contributed by atoms with van der Waals surface area (Å²) in [5, 5.41) is 15.8. The normalized spacial score (nSPS) is 22.7. The molecule has 2 aromatic rings. The topological polar surface area (TPSA) is 76.4 Å². The van der Waals surface area contributed by atoms with Crippen LogP contribution in [0.5, 0.6) is 0 Å². The fourth-order valence-electron chi connectivity index (χ4n) is 4.74. The zero-order valence-electron chi connectivity index (χ0n) is 19.8. The molecule has 2 unspecified atom stereocenters. The standard InChI is InChI=1S/C25H38N6O/c1-18-11-13-20(14-12-18)24-21(8-7-15-32-24)16-26-25(28-22-9-5-4-6-10-22)27-17-23-30-29-19(2)31(23)3/h11-14,21-22,24H,4-10,15-17H2,1-3H3,(H2,26,27,28). The molecule has 1 saturated heterocycles. The van der Waals surface area contributed by atoms with Gasteiger partial charge in [-0.25, -0.2) is 4.99 Å². The fourth-order valence-corrected chi connectivity index (χ4v) is 4.74. The zero-order chi connectivity index (χ0) is 22.3. The third-order valence-electron chi connectivity index (χ3n) is 6.89. The quantitative estimate of drug-likeness (QED) is 0.527. The van der Waals surface area contributed by atoms with Crippen molar-refractivity contribution in [2.45, 2.75) is 77.5 Å². The number of aryl methyl sites for hydroxylation is 2. The second-order valence-electron chi connectivity index (χ2n) is 9.35. The summed E-state index contributed by atoms with van der Waals surface area (Å²) in [4.78, 5) is 4.89. The summed E-state index contributed by atoms with van der Waals surface area (Å²) in [6.07, 6.45) is 8.74. The average Bonchev–Trinajstić information content (AvgIpc) is 3.14. The molecule has 4 rings (SSSR count). The smallest absolute Gasteiger partial charge is 0.191 e. The molecule has 1 aliphatic carbocycles. The molecule has 2 atom stereocenters. The molecule has 7 nitrogen and oxygen atoms in total. The van der Waals surface area contributed by atoms with Crippen LogP contribution in [0.1, 0.15) is 73.8 Å². The predicted octanol–water partition coefficient (Wildman–Crippen LogP) is 3.97. The summed E-state index contributed by atoms with van der Waals surface area (Å²) in [5.74, 6) is 3.09. The van der Waals surface area contributed by atoms with Gasteiger partial charge in [0.2, 0.25) is 0 Å². The molecule has 2 heterocycles. The van der Waals surface area contributed by atoms with Crippen molar-refractivity contribution < 1.29 is 4.74 Å². The first-order valence-corrected chi connectivity index (χ1v) is 12.2. The third kappa shape index (κ3) is 5.88. The molecule has 1 saturated carbocycles. The van der Waals surface area contributed by atoms with Gasteiger partial charge < -0.3 is 19.9 Å². The van der Waals surface area contributed by atoms with Crippen LogP contribution in [0.2, 0.25) is 0 Å². The van der Waals surface area contributed by atoms with Crippen molar-refractivity contribution >= 4 is 5.96 Å². The third-order valence-corrected chi connectivity index (χ3v) is 6.89. The minimum Gasteiger partial charge on any atom is -0.373 e. The van der Waals surface area contributed by atoms with E-state index in [0.717, 1.165) is 43.6 Å². The maximum atomic E-state index is 6.22. The monoisotopic (exact) mass is 438 g/mol. The van der Waals surface area contributed by atoms with Crippen molar-refractivity contribution in [3.05, 3.63) is 47.0 Å². The van der Waals surface area contributed by atoms with E-state index >= 15 is 0 Å². The van der Waals surface area contributed by atoms with Crippen LogP contribution in [0.4, 0.5) is 0 Å². The van der Waals surface area contributed by atoms with Gasteiger partial charge in [0.25, 0.3) is 0 Å². The van der Waals surface area contributed by atoms with Gasteiger partial charge >= 0.3 is 0 Å². The number of hydrogen-bond acceptors (Lipinski definition) is 4. The van der Waals surface area contributed by atoms with E-state index in [9.17, 15) is 0 Å². The van der Waals surface area contributed by atoms with Crippen molar-refractivity contribution in [1.82, 2.24) is 25.4 Å². The van der Waals surface area contributed by atoms with Crippen LogP contribution in [0, 0.1) is 19.8 Å². The highest BCUT2D eigenvalue weighted by molar-refractivity contribution is 5.80. The largest absolute Gasteiger partial charge is 0.373 e. The lowest BCUT2D eigenvalue weighted by molar-refractivity contribution is -0.0265. The lowest BCUT2D eigenvalue weighted by Crippen LogP contribution is -2.46. The van der Waals surface area contributed by atoms with Gasteiger partial charge in [0, 0.05) is 32.2 Å². The molecule has 174 valence electrons. The Morgan fingerprint density at radius 3 is 2.56 bits per heavy atom. The van der Waals surface area contributed by atoms with Crippen molar-refractivity contribution in [1.29, 1.82) is 0 Å². The lowest BCUT2D eigenvalue weighted by Gasteiger charge is -2.33. The molecular formula is C25H38N6O. The molecule has 0 spiro atoms. The van der Waals surface area contributed by atoms with Gasteiger partial charge in [-0.15, -0.1) is 10.2 Å². The molecule has 32 heavy (non-hydrogen) atoms. The molecule has 1 aromatic heterocycles. The van der Waals surface area contributed by atoms with Crippen LogP contribution in [0.25, 0.3) is 0 Å². The van der Waals surface area contributed by atoms with Crippen molar-refractivity contribution in [2.75, 3.05) is 13.2 Å². The fraction of sp³-hybridized carbons (Fsp3) is 0.640. The van der Waals surface area contributed by atoms with Gasteiger partial charge in [-0.3, -0.25) is 0 Å². The van der Waals surface area contributed by atoms with E-state index in [1.54, 1.807) is 0 Å². The van der Waals surface area contributed by atoms with Gasteiger partial charge in [-0.2, -0.15) is 0 Å². The first-order valence-electron chi connectivity index (χ1n) is 12.2. The summed E-state index contributed by atoms with van der Waals surface area (Å²) >= 11 is 0. The summed E-state index contributed by atoms with van der Waals surface area (Å²) in [6, 6.07) is 9.27. The molecule has 2 aliphatic rings. The highest BCUT2D eigenvalue weighted by Crippen LogP contribution is 2.33. The molecule has 2 N–H and O–H groups in total. The number of hydrogen-bond donors (Lipinski definition) is 2. The summed E-state index contributed by atoms with van der Waals surface area (Å²) < 4.78 is 8.23. The van der Waals surface area contributed by atoms with Gasteiger partial charge in [0.1, 0.15) is 12.4 Å². The Kier molecular flexibility index (Phi) is 7.79. The number of aliphatic imine (C=N–C) groups is 1. The van der Waals surface area contributed by atoms with Crippen molar-refractivity contribution in [3.63, 3.8) is 0 Å². The number of rotatable bonds is 6. The number of nitrogens with one attached hydrogen (secondary N) is 2. The molecule has 2 fully saturated rings. The molecule has 0 radical (unpaired) electrons.